The van der Waals surface area contributed by atoms with E-state index in [1.165, 1.54) is 16.2 Å². The number of carbonyl (C=O) groups excluding carboxylic acids is 1. The van der Waals surface area contributed by atoms with Gasteiger partial charge in [0.1, 0.15) is 0 Å². The van der Waals surface area contributed by atoms with E-state index < -0.39 is 0 Å². The molecule has 0 spiro atoms. The van der Waals surface area contributed by atoms with Crippen molar-refractivity contribution in [1.29, 1.82) is 0 Å². The molecule has 0 fully saturated rings. The Kier molecular flexibility index (Phi) is 5.20. The third-order valence-corrected chi connectivity index (χ3v) is 6.02. The maximum absolute atomic E-state index is 12.4. The first-order valence-electron chi connectivity index (χ1n) is 8.28. The standard InChI is InChI=1S/C20H16ClN3OS2/c1-26-17-8-6-15(7-9-17)22-19(25)10-16-12-27-20-23-18(11-24(16)20)13-2-4-14(21)5-3-13/h2-9,11-12H,10H2,1H3,(H,22,25). The molecule has 27 heavy (non-hydrogen) atoms. The van der Waals surface area contributed by atoms with Crippen molar-refractivity contribution < 1.29 is 4.79 Å². The Morgan fingerprint density at radius 2 is 1.93 bits per heavy atom. The number of hydrogen-bond acceptors (Lipinski definition) is 4. The van der Waals surface area contributed by atoms with Crippen molar-refractivity contribution in [2.75, 3.05) is 11.6 Å². The highest BCUT2D eigenvalue weighted by Gasteiger charge is 2.13. The number of benzene rings is 2. The maximum atomic E-state index is 12.4. The molecular formula is C20H16ClN3OS2. The van der Waals surface area contributed by atoms with Crippen LogP contribution in [0.15, 0.2) is 65.0 Å². The van der Waals surface area contributed by atoms with E-state index in [2.05, 4.69) is 10.3 Å². The molecule has 0 aliphatic rings. The molecule has 0 radical (unpaired) electrons. The van der Waals surface area contributed by atoms with Crippen LogP contribution in [-0.2, 0) is 11.2 Å². The number of carbonyl (C=O) groups is 1. The number of hydrogen-bond donors (Lipinski definition) is 1. The molecule has 1 amide bonds. The highest BCUT2D eigenvalue weighted by molar-refractivity contribution is 7.98. The summed E-state index contributed by atoms with van der Waals surface area (Å²) < 4.78 is 1.98. The highest BCUT2D eigenvalue weighted by atomic mass is 35.5. The third-order valence-electron chi connectivity index (χ3n) is 4.14. The van der Waals surface area contributed by atoms with Gasteiger partial charge >= 0.3 is 0 Å². The summed E-state index contributed by atoms with van der Waals surface area (Å²) >= 11 is 9.16. The molecule has 0 saturated carbocycles. The minimum absolute atomic E-state index is 0.0478. The molecule has 2 aromatic carbocycles. The molecule has 136 valence electrons. The lowest BCUT2D eigenvalue weighted by Crippen LogP contribution is -2.15. The average molecular weight is 414 g/mol. The molecule has 4 rings (SSSR count). The molecule has 0 aliphatic heterocycles. The molecular weight excluding hydrogens is 398 g/mol. The fraction of sp³-hybridized carbons (Fsp3) is 0.100. The minimum Gasteiger partial charge on any atom is -0.326 e. The Bertz CT molecular complexity index is 1080. The van der Waals surface area contributed by atoms with Crippen LogP contribution in [0.1, 0.15) is 5.69 Å². The topological polar surface area (TPSA) is 46.4 Å². The van der Waals surface area contributed by atoms with Crippen molar-refractivity contribution in [2.24, 2.45) is 0 Å². The van der Waals surface area contributed by atoms with Crippen LogP contribution in [0, 0.1) is 0 Å². The number of aromatic nitrogens is 2. The Hall–Kier alpha value is -2.28. The van der Waals surface area contributed by atoms with Crippen molar-refractivity contribution in [3.63, 3.8) is 0 Å². The van der Waals surface area contributed by atoms with Crippen LogP contribution in [-0.4, -0.2) is 21.5 Å². The second-order valence-electron chi connectivity index (χ2n) is 5.97. The first kappa shape index (κ1) is 18.1. The van der Waals surface area contributed by atoms with Crippen LogP contribution >= 0.6 is 34.7 Å². The zero-order valence-electron chi connectivity index (χ0n) is 14.5. The van der Waals surface area contributed by atoms with Crippen LogP contribution in [0.3, 0.4) is 0 Å². The second-order valence-corrected chi connectivity index (χ2v) is 8.12. The van der Waals surface area contributed by atoms with Crippen LogP contribution < -0.4 is 5.32 Å². The Balaban J connectivity index is 1.51. The first-order chi connectivity index (χ1) is 13.1. The molecule has 4 aromatic rings. The monoisotopic (exact) mass is 413 g/mol. The van der Waals surface area contributed by atoms with Gasteiger partial charge in [0, 0.05) is 38.4 Å². The van der Waals surface area contributed by atoms with Gasteiger partial charge in [-0.05, 0) is 42.7 Å². The van der Waals surface area contributed by atoms with Gasteiger partial charge in [-0.1, -0.05) is 23.7 Å². The van der Waals surface area contributed by atoms with E-state index in [1.54, 1.807) is 11.8 Å². The Labute approximate surface area is 170 Å². The van der Waals surface area contributed by atoms with Gasteiger partial charge in [0.15, 0.2) is 4.96 Å². The number of fused-ring (bicyclic) bond motifs is 1. The predicted octanol–water partition coefficient (Wildman–Crippen LogP) is 5.62. The lowest BCUT2D eigenvalue weighted by Gasteiger charge is -2.05. The number of nitrogens with one attached hydrogen (secondary N) is 1. The van der Waals surface area contributed by atoms with Crippen molar-refractivity contribution in [1.82, 2.24) is 9.38 Å². The number of anilines is 1. The summed E-state index contributed by atoms with van der Waals surface area (Å²) in [5, 5.41) is 5.62. The molecule has 2 heterocycles. The zero-order valence-corrected chi connectivity index (χ0v) is 16.9. The van der Waals surface area contributed by atoms with Gasteiger partial charge in [-0.2, -0.15) is 0 Å². The molecule has 2 aromatic heterocycles. The summed E-state index contributed by atoms with van der Waals surface area (Å²) in [6.45, 7) is 0. The molecule has 4 nitrogen and oxygen atoms in total. The molecule has 1 N–H and O–H groups in total. The van der Waals surface area contributed by atoms with E-state index >= 15 is 0 Å². The summed E-state index contributed by atoms with van der Waals surface area (Å²) in [5.41, 5.74) is 3.59. The van der Waals surface area contributed by atoms with E-state index in [4.69, 9.17) is 11.6 Å². The number of halogens is 1. The van der Waals surface area contributed by atoms with Gasteiger partial charge < -0.3 is 5.32 Å². The molecule has 0 aliphatic carbocycles. The highest BCUT2D eigenvalue weighted by Crippen LogP contribution is 2.25. The SMILES string of the molecule is CSc1ccc(NC(=O)Cc2csc3nc(-c4ccc(Cl)cc4)cn23)cc1. The number of nitrogens with zero attached hydrogens (tertiary/aromatic N) is 2. The summed E-state index contributed by atoms with van der Waals surface area (Å²) in [6, 6.07) is 15.4. The Morgan fingerprint density at radius 1 is 1.19 bits per heavy atom. The molecule has 0 saturated heterocycles. The van der Waals surface area contributed by atoms with E-state index in [1.807, 2.05) is 70.8 Å². The number of rotatable bonds is 5. The normalized spacial score (nSPS) is 11.0. The lowest BCUT2D eigenvalue weighted by molar-refractivity contribution is -0.115. The fourth-order valence-electron chi connectivity index (χ4n) is 2.76. The molecule has 0 atom stereocenters. The van der Waals surface area contributed by atoms with Crippen LogP contribution in [0.2, 0.25) is 5.02 Å². The lowest BCUT2D eigenvalue weighted by atomic mass is 10.2. The van der Waals surface area contributed by atoms with Crippen LogP contribution in [0.25, 0.3) is 16.2 Å². The smallest absolute Gasteiger partial charge is 0.230 e. The number of thiazole rings is 1. The van der Waals surface area contributed by atoms with E-state index in [0.29, 0.717) is 11.4 Å². The maximum Gasteiger partial charge on any atom is 0.230 e. The van der Waals surface area contributed by atoms with E-state index in [9.17, 15) is 4.79 Å². The zero-order chi connectivity index (χ0) is 18.8. The van der Waals surface area contributed by atoms with Crippen molar-refractivity contribution in [3.8, 4) is 11.3 Å². The fourth-order valence-corrected chi connectivity index (χ4v) is 4.17. The number of imidazole rings is 1. The molecule has 7 heteroatoms. The summed E-state index contributed by atoms with van der Waals surface area (Å²) in [4.78, 5) is 19.1. The van der Waals surface area contributed by atoms with Gasteiger partial charge in [0.25, 0.3) is 0 Å². The van der Waals surface area contributed by atoms with Crippen LogP contribution in [0.4, 0.5) is 5.69 Å². The van der Waals surface area contributed by atoms with E-state index in [0.717, 1.165) is 27.6 Å². The van der Waals surface area contributed by atoms with Gasteiger partial charge in [-0.3, -0.25) is 9.20 Å². The second kappa shape index (κ2) is 7.76. The van der Waals surface area contributed by atoms with Crippen molar-refractivity contribution >= 4 is 51.3 Å². The number of thioether (sulfide) groups is 1. The van der Waals surface area contributed by atoms with Gasteiger partial charge in [-0.25, -0.2) is 4.98 Å². The summed E-state index contributed by atoms with van der Waals surface area (Å²) in [5.74, 6) is -0.0478. The predicted molar refractivity (Wildman–Crippen MR) is 114 cm³/mol. The molecule has 0 bridgehead atoms. The van der Waals surface area contributed by atoms with Crippen LogP contribution in [0.5, 0.6) is 0 Å². The largest absolute Gasteiger partial charge is 0.326 e. The Morgan fingerprint density at radius 3 is 2.63 bits per heavy atom. The third kappa shape index (κ3) is 4.03. The van der Waals surface area contributed by atoms with Crippen molar-refractivity contribution in [2.45, 2.75) is 11.3 Å². The first-order valence-corrected chi connectivity index (χ1v) is 10.8. The quantitative estimate of drug-likeness (QED) is 0.432. The average Bonchev–Trinajstić information content (AvgIpc) is 3.25. The van der Waals surface area contributed by atoms with Gasteiger partial charge in [0.2, 0.25) is 5.91 Å². The van der Waals surface area contributed by atoms with Crippen molar-refractivity contribution in [3.05, 3.63) is 70.8 Å². The number of amides is 1. The van der Waals surface area contributed by atoms with E-state index in [-0.39, 0.29) is 5.91 Å². The van der Waals surface area contributed by atoms with Gasteiger partial charge in [-0.15, -0.1) is 23.1 Å². The minimum atomic E-state index is -0.0478. The summed E-state index contributed by atoms with van der Waals surface area (Å²) in [7, 11) is 0. The van der Waals surface area contributed by atoms with Gasteiger partial charge in [0.05, 0.1) is 12.1 Å². The molecule has 0 unspecified atom stereocenters. The summed E-state index contributed by atoms with van der Waals surface area (Å²) in [6.07, 6.45) is 4.28.